The summed E-state index contributed by atoms with van der Waals surface area (Å²) in [7, 11) is 1.63. The zero-order valence-corrected chi connectivity index (χ0v) is 17.3. The van der Waals surface area contributed by atoms with Crippen molar-refractivity contribution in [2.45, 2.75) is 26.1 Å². The molecule has 0 radical (unpaired) electrons. The molecule has 0 spiro atoms. The Morgan fingerprint density at radius 3 is 2.72 bits per heavy atom. The Bertz CT molecular complexity index is 1180. The number of alkyl halides is 3. The van der Waals surface area contributed by atoms with Crippen molar-refractivity contribution < 1.29 is 18.0 Å². The number of benzene rings is 2. The normalized spacial score (nSPS) is 12.8. The standard InChI is InChI=1S/C22H20F3N6O/c1-12-5-3-7-16(26-2)14(12)10-27-20-15(22(23,24)25)11-28-21(31-20)29-17-8-4-6-13-9-18(32)30-19(13)17/h3-8,11H,9-10H2,1-2H3,(H,30,32)(H2,27,28,29,31)/q-1. The molecule has 4 rings (SSSR count). The molecule has 0 atom stereocenters. The second-order valence-corrected chi connectivity index (χ2v) is 7.29. The first kappa shape index (κ1) is 21.4. The van der Waals surface area contributed by atoms with Crippen LogP contribution in [0.1, 0.15) is 22.3 Å². The van der Waals surface area contributed by atoms with Crippen LogP contribution in [0.25, 0.3) is 5.32 Å². The fourth-order valence-electron chi connectivity index (χ4n) is 3.56. The molecule has 3 N–H and O–H groups in total. The molecule has 0 fully saturated rings. The van der Waals surface area contributed by atoms with Gasteiger partial charge in [0.25, 0.3) is 0 Å². The number of anilines is 4. The third kappa shape index (κ3) is 4.29. The van der Waals surface area contributed by atoms with Crippen LogP contribution in [0.4, 0.5) is 42.0 Å². The molecule has 10 heteroatoms. The van der Waals surface area contributed by atoms with Crippen molar-refractivity contribution in [3.63, 3.8) is 0 Å². The van der Waals surface area contributed by atoms with Gasteiger partial charge in [-0.1, -0.05) is 30.3 Å². The fraction of sp³-hybridized carbons (Fsp3) is 0.227. The average Bonchev–Trinajstić information content (AvgIpc) is 3.13. The molecule has 2 heterocycles. The van der Waals surface area contributed by atoms with E-state index in [0.29, 0.717) is 17.1 Å². The molecule has 0 aliphatic carbocycles. The number of para-hydroxylation sites is 1. The first-order chi connectivity index (χ1) is 15.3. The van der Waals surface area contributed by atoms with Gasteiger partial charge in [0, 0.05) is 12.7 Å². The summed E-state index contributed by atoms with van der Waals surface area (Å²) >= 11 is 0. The minimum Gasteiger partial charge on any atom is -0.687 e. The SMILES string of the molecule is C[N-]c1cccc(C)c1CNc1nc(Nc2cccc3c2NC(=O)C3)ncc1C(F)(F)F. The number of fused-ring (bicyclic) bond motifs is 1. The van der Waals surface area contributed by atoms with Crippen LogP contribution < -0.4 is 16.0 Å². The third-order valence-corrected chi connectivity index (χ3v) is 5.17. The first-order valence-electron chi connectivity index (χ1n) is 9.81. The summed E-state index contributed by atoms with van der Waals surface area (Å²) in [6, 6.07) is 10.8. The zero-order chi connectivity index (χ0) is 22.9. The maximum Gasteiger partial charge on any atom is 0.421 e. The van der Waals surface area contributed by atoms with Gasteiger partial charge >= 0.3 is 6.18 Å². The van der Waals surface area contributed by atoms with Crippen LogP contribution >= 0.6 is 0 Å². The van der Waals surface area contributed by atoms with Crippen molar-refractivity contribution in [1.82, 2.24) is 9.97 Å². The topological polar surface area (TPSA) is 93.0 Å². The van der Waals surface area contributed by atoms with Crippen LogP contribution in [0.15, 0.2) is 42.6 Å². The molecular formula is C22H20F3N6O-. The van der Waals surface area contributed by atoms with E-state index >= 15 is 0 Å². The van der Waals surface area contributed by atoms with E-state index in [2.05, 4.69) is 31.2 Å². The minimum atomic E-state index is -4.63. The molecule has 32 heavy (non-hydrogen) atoms. The quantitative estimate of drug-likeness (QED) is 0.483. The number of aryl methyl sites for hydroxylation is 1. The van der Waals surface area contributed by atoms with Gasteiger partial charge in [-0.05, 0) is 29.7 Å². The van der Waals surface area contributed by atoms with E-state index in [1.807, 2.05) is 19.1 Å². The number of carbonyl (C=O) groups is 1. The Morgan fingerprint density at radius 2 is 1.97 bits per heavy atom. The predicted molar refractivity (Wildman–Crippen MR) is 117 cm³/mol. The van der Waals surface area contributed by atoms with E-state index in [1.54, 1.807) is 31.3 Å². The van der Waals surface area contributed by atoms with Gasteiger partial charge in [-0.15, -0.1) is 12.7 Å². The Morgan fingerprint density at radius 1 is 1.19 bits per heavy atom. The molecule has 2 aromatic carbocycles. The van der Waals surface area contributed by atoms with Gasteiger partial charge in [-0.25, -0.2) is 4.98 Å². The van der Waals surface area contributed by atoms with Crippen LogP contribution in [-0.2, 0) is 23.9 Å². The number of nitrogens with zero attached hydrogens (tertiary/aromatic N) is 3. The molecule has 1 aromatic heterocycles. The molecule has 0 bridgehead atoms. The Hall–Kier alpha value is -3.82. The first-order valence-corrected chi connectivity index (χ1v) is 9.81. The third-order valence-electron chi connectivity index (χ3n) is 5.17. The highest BCUT2D eigenvalue weighted by molar-refractivity contribution is 6.03. The second-order valence-electron chi connectivity index (χ2n) is 7.29. The molecule has 0 saturated carbocycles. The number of nitrogens with one attached hydrogen (secondary N) is 3. The number of hydrogen-bond acceptors (Lipinski definition) is 5. The maximum absolute atomic E-state index is 13.6. The van der Waals surface area contributed by atoms with Gasteiger partial charge in [0.2, 0.25) is 11.9 Å². The van der Waals surface area contributed by atoms with E-state index in [4.69, 9.17) is 0 Å². The van der Waals surface area contributed by atoms with Crippen molar-refractivity contribution in [3.8, 4) is 0 Å². The summed E-state index contributed by atoms with van der Waals surface area (Å²) in [5.74, 6) is -0.530. The number of hydrogen-bond donors (Lipinski definition) is 3. The Balaban J connectivity index is 1.65. The highest BCUT2D eigenvalue weighted by Crippen LogP contribution is 2.36. The van der Waals surface area contributed by atoms with Gasteiger partial charge in [0.1, 0.15) is 11.4 Å². The van der Waals surface area contributed by atoms with E-state index in [1.165, 1.54) is 0 Å². The van der Waals surface area contributed by atoms with Gasteiger partial charge in [0.05, 0.1) is 17.8 Å². The van der Waals surface area contributed by atoms with Gasteiger partial charge in [-0.3, -0.25) is 4.79 Å². The van der Waals surface area contributed by atoms with Crippen LogP contribution in [0.5, 0.6) is 0 Å². The summed E-state index contributed by atoms with van der Waals surface area (Å²) in [5.41, 5.74) is 3.26. The van der Waals surface area contributed by atoms with Crippen LogP contribution in [0, 0.1) is 6.92 Å². The number of amides is 1. The average molecular weight is 441 g/mol. The lowest BCUT2D eigenvalue weighted by molar-refractivity contribution is -0.137. The predicted octanol–water partition coefficient (Wildman–Crippen LogP) is 5.29. The molecule has 1 aliphatic rings. The van der Waals surface area contributed by atoms with Crippen molar-refractivity contribution >= 4 is 34.7 Å². The van der Waals surface area contributed by atoms with Crippen molar-refractivity contribution in [3.05, 3.63) is 70.2 Å². The Kier molecular flexibility index (Phi) is 5.60. The van der Waals surface area contributed by atoms with Crippen LogP contribution in [-0.4, -0.2) is 22.9 Å². The highest BCUT2D eigenvalue weighted by Gasteiger charge is 2.35. The van der Waals surface area contributed by atoms with Gasteiger partial charge in [-0.2, -0.15) is 18.2 Å². The lowest BCUT2D eigenvalue weighted by Gasteiger charge is -2.23. The maximum atomic E-state index is 13.6. The van der Waals surface area contributed by atoms with E-state index in [0.717, 1.165) is 22.9 Å². The highest BCUT2D eigenvalue weighted by atomic mass is 19.4. The molecule has 7 nitrogen and oxygen atoms in total. The van der Waals surface area contributed by atoms with E-state index < -0.39 is 11.7 Å². The summed E-state index contributed by atoms with van der Waals surface area (Å²) in [6.45, 7) is 1.98. The van der Waals surface area contributed by atoms with Crippen molar-refractivity contribution in [2.24, 2.45) is 0 Å². The molecule has 0 unspecified atom stereocenters. The summed E-state index contributed by atoms with van der Waals surface area (Å²) < 4.78 is 40.7. The van der Waals surface area contributed by atoms with Crippen LogP contribution in [0.2, 0.25) is 0 Å². The number of aromatic nitrogens is 2. The summed E-state index contributed by atoms with van der Waals surface area (Å²) in [5, 5.41) is 12.6. The van der Waals surface area contributed by atoms with Crippen LogP contribution in [0.3, 0.4) is 0 Å². The molecule has 166 valence electrons. The fourth-order valence-corrected chi connectivity index (χ4v) is 3.56. The number of halogens is 3. The monoisotopic (exact) mass is 441 g/mol. The second kappa shape index (κ2) is 8.37. The molecule has 0 saturated heterocycles. The lowest BCUT2D eigenvalue weighted by Crippen LogP contribution is -2.15. The van der Waals surface area contributed by atoms with E-state index in [-0.39, 0.29) is 30.6 Å². The largest absolute Gasteiger partial charge is 0.687 e. The molecule has 1 amide bonds. The zero-order valence-electron chi connectivity index (χ0n) is 17.3. The summed E-state index contributed by atoms with van der Waals surface area (Å²) in [6.07, 6.45) is -3.65. The van der Waals surface area contributed by atoms with Crippen molar-refractivity contribution in [2.75, 3.05) is 23.0 Å². The number of carbonyl (C=O) groups excluding carboxylic acids is 1. The number of rotatable bonds is 6. The smallest absolute Gasteiger partial charge is 0.421 e. The minimum absolute atomic E-state index is 0.0276. The molecule has 1 aliphatic heterocycles. The molecule has 3 aromatic rings. The molecular weight excluding hydrogens is 421 g/mol. The van der Waals surface area contributed by atoms with Gasteiger partial charge in [0.15, 0.2) is 0 Å². The van der Waals surface area contributed by atoms with Crippen molar-refractivity contribution in [1.29, 1.82) is 0 Å². The van der Waals surface area contributed by atoms with E-state index in [9.17, 15) is 18.0 Å². The van der Waals surface area contributed by atoms with Gasteiger partial charge < -0.3 is 21.3 Å². The summed E-state index contributed by atoms with van der Waals surface area (Å²) in [4.78, 5) is 19.6. The lowest BCUT2D eigenvalue weighted by atomic mass is 10.1. The Labute approximate surface area is 182 Å².